The van der Waals surface area contributed by atoms with Gasteiger partial charge in [-0.2, -0.15) is 73.1 Å². The van der Waals surface area contributed by atoms with Gasteiger partial charge in [-0.15, -0.1) is 0 Å². The van der Waals surface area contributed by atoms with E-state index in [0.29, 0.717) is 70.8 Å². The van der Waals surface area contributed by atoms with Gasteiger partial charge in [0.2, 0.25) is 0 Å². The van der Waals surface area contributed by atoms with Gasteiger partial charge in [0.05, 0.1) is 41.5 Å². The Balaban J connectivity index is 0.000000191. The molecule has 610 valence electrons. The number of carbonyl (C=O) groups is 1. The number of rotatable bonds is 13. The Bertz CT molecular complexity index is 5040. The first-order valence-corrected chi connectivity index (χ1v) is 35.2. The molecule has 0 bridgehead atoms. The van der Waals surface area contributed by atoms with Crippen molar-refractivity contribution >= 4 is 44.5 Å². The second kappa shape index (κ2) is 43.2. The number of aromatic nitrogens is 12. The van der Waals surface area contributed by atoms with Crippen molar-refractivity contribution in [3.8, 4) is 46.0 Å². The van der Waals surface area contributed by atoms with Gasteiger partial charge >= 0.3 is 162 Å². The maximum absolute atomic E-state index is 12.9. The van der Waals surface area contributed by atoms with E-state index in [1.54, 1.807) is 24.3 Å². The van der Waals surface area contributed by atoms with Crippen LogP contribution in [0.5, 0.6) is 46.0 Å². The first-order valence-electron chi connectivity index (χ1n) is 34.4. The molecule has 8 heterocycles. The average molecular weight is 1960 g/mol. The number of halogens is 13. The summed E-state index contributed by atoms with van der Waals surface area (Å²) < 4.78 is 183. The number of carbonyl (C=O) groups excluding carboxylic acids is 1. The van der Waals surface area contributed by atoms with Crippen molar-refractivity contribution in [2.45, 2.75) is 102 Å². The van der Waals surface area contributed by atoms with Crippen LogP contribution in [0.1, 0.15) is 118 Å². The Morgan fingerprint density at radius 3 is 0.899 bits per heavy atom. The van der Waals surface area contributed by atoms with Gasteiger partial charge in [0.15, 0.2) is 41.9 Å². The monoisotopic (exact) mass is 1960 g/mol. The second-order valence-corrected chi connectivity index (χ2v) is 26.1. The van der Waals surface area contributed by atoms with E-state index in [0.717, 1.165) is 93.0 Å². The number of aryl methyl sites for hydroxylation is 4. The van der Waals surface area contributed by atoms with Crippen molar-refractivity contribution in [2.24, 2.45) is 20.6 Å². The molecule has 4 aromatic heterocycles. The van der Waals surface area contributed by atoms with Gasteiger partial charge in [0.25, 0.3) is 6.47 Å². The molecular weight excluding hydrogens is 1900 g/mol. The number of alkyl halides is 12. The third-order valence-electron chi connectivity index (χ3n) is 16.9. The van der Waals surface area contributed by atoms with Gasteiger partial charge < -0.3 is 49.9 Å². The summed E-state index contributed by atoms with van der Waals surface area (Å²) in [6.07, 6.45) is -5.14. The number of nitrogens with one attached hydrogen (secondary N) is 1. The number of aromatic amines is 1. The molecule has 12 aromatic rings. The molecule has 0 radical (unpaired) electrons. The van der Waals surface area contributed by atoms with Crippen molar-refractivity contribution in [3.05, 3.63) is 287 Å². The fourth-order valence-corrected chi connectivity index (χ4v) is 11.3. The molecule has 27 nitrogen and oxygen atoms in total. The molecule has 4 aliphatic heterocycles. The number of hydrogen-bond acceptors (Lipinski definition) is 23. The predicted molar refractivity (Wildman–Crippen MR) is 394 cm³/mol. The Morgan fingerprint density at radius 2 is 0.689 bits per heavy atom. The normalized spacial score (nSPS) is 15.7. The van der Waals surface area contributed by atoms with Crippen LogP contribution in [0.2, 0.25) is 0 Å². The molecule has 8 aromatic carbocycles. The zero-order valence-electron chi connectivity index (χ0n) is 64.1. The molecule has 0 fully saturated rings. The number of benzene rings is 8. The van der Waals surface area contributed by atoms with Crippen LogP contribution in [0.4, 0.5) is 52.7 Å². The Kier molecular flexibility index (Phi) is 33.9. The van der Waals surface area contributed by atoms with Crippen LogP contribution in [0.3, 0.4) is 0 Å². The van der Waals surface area contributed by atoms with Gasteiger partial charge in [-0.25, -0.2) is 34.0 Å². The van der Waals surface area contributed by atoms with Crippen LogP contribution >= 0.6 is 15.9 Å². The molecule has 0 aliphatic carbocycles. The van der Waals surface area contributed by atoms with Gasteiger partial charge in [-0.05, 0) is 185 Å². The van der Waals surface area contributed by atoms with Crippen LogP contribution < -0.4 is 162 Å². The summed E-state index contributed by atoms with van der Waals surface area (Å²) in [6, 6.07) is 41.0. The molecule has 1 N–H and O–H groups in total. The van der Waals surface area contributed by atoms with E-state index in [9.17, 15) is 52.7 Å². The maximum Gasteiger partial charge on any atom is 1.00 e. The summed E-state index contributed by atoms with van der Waals surface area (Å²) in [4.78, 5) is 48.2. The SMILES string of the molecule is Cc1ccc(C2CC(Br)=NO2)cc1Oc1cccc(C(F)(F)F)c1.Cc1ccc(C2CC(n3cncn3)=NO2)cc1Oc1cccc(C(F)(F)F)c1.Cc1ccc([C@@H]2CC(n3cncn3)=NO2)cc1Oc1cccc(C(F)(F)F)c1.Cc1ccc([C@H]2CC(n3cncn3)=NO2)cc1Oc1cccc(C(F)(F)F)c1.O=CO[O-].[Cs+].[Cs+].[H-].c1nc[nH]n1. The molecular formula is C77H63BrCs2F12N16O11. The molecule has 0 saturated carbocycles. The summed E-state index contributed by atoms with van der Waals surface area (Å²) >= 11 is 3.28. The number of nitrogens with zero attached hydrogens (tertiary/aromatic N) is 15. The molecule has 119 heavy (non-hydrogen) atoms. The van der Waals surface area contributed by atoms with E-state index in [2.05, 4.69) is 86.9 Å². The third kappa shape index (κ3) is 27.0. The smallest absolute Gasteiger partial charge is 1.00 e. The van der Waals surface area contributed by atoms with Crippen LogP contribution in [0, 0.1) is 27.7 Å². The first-order chi connectivity index (χ1) is 55.9. The number of oxime groups is 4. The minimum Gasteiger partial charge on any atom is -1.00 e. The molecule has 42 heteroatoms. The van der Waals surface area contributed by atoms with E-state index in [4.69, 9.17) is 48.3 Å². The van der Waals surface area contributed by atoms with Crippen LogP contribution in [-0.4, -0.2) is 88.1 Å². The zero-order chi connectivity index (χ0) is 83.4. The van der Waals surface area contributed by atoms with Crippen LogP contribution in [-0.2, 0) is 53.7 Å². The van der Waals surface area contributed by atoms with Crippen LogP contribution in [0.15, 0.2) is 241 Å². The van der Waals surface area contributed by atoms with Crippen LogP contribution in [0.25, 0.3) is 0 Å². The minimum atomic E-state index is -4.43. The van der Waals surface area contributed by atoms with Crippen molar-refractivity contribution in [3.63, 3.8) is 0 Å². The topological polar surface area (TPSA) is 306 Å². The number of H-pyrrole nitrogens is 1. The van der Waals surface area contributed by atoms with E-state index in [-0.39, 0.29) is 193 Å². The van der Waals surface area contributed by atoms with E-state index >= 15 is 0 Å². The number of ether oxygens (including phenoxy) is 4. The molecule has 2 unspecified atom stereocenters. The maximum atomic E-state index is 12.9. The molecule has 4 aliphatic rings. The summed E-state index contributed by atoms with van der Waals surface area (Å²) in [5, 5.41) is 42.4. The third-order valence-corrected chi connectivity index (χ3v) is 17.4. The van der Waals surface area contributed by atoms with Gasteiger partial charge in [-0.3, -0.25) is 9.89 Å². The minimum absolute atomic E-state index is 0. The van der Waals surface area contributed by atoms with Crippen molar-refractivity contribution < 1.29 is 245 Å². The molecule has 0 amide bonds. The fourth-order valence-electron chi connectivity index (χ4n) is 10.9. The summed E-state index contributed by atoms with van der Waals surface area (Å²) in [5.74, 6) is 4.16. The molecule has 16 rings (SSSR count). The summed E-state index contributed by atoms with van der Waals surface area (Å²) in [7, 11) is 0. The summed E-state index contributed by atoms with van der Waals surface area (Å²) in [6.45, 7) is 7.10. The van der Waals surface area contributed by atoms with Gasteiger partial charge in [0, 0.05) is 6.42 Å². The van der Waals surface area contributed by atoms with Crippen molar-refractivity contribution in [1.82, 2.24) is 59.5 Å². The van der Waals surface area contributed by atoms with Gasteiger partial charge in [0.1, 0.15) is 101 Å². The predicted octanol–water partition coefficient (Wildman–Crippen LogP) is 12.5. The van der Waals surface area contributed by atoms with Crippen molar-refractivity contribution in [2.75, 3.05) is 0 Å². The first kappa shape index (κ1) is 93.4. The molecule has 4 atom stereocenters. The quantitative estimate of drug-likeness (QED) is 0.0485. The average Bonchev–Trinajstić information content (AvgIpc) is 1.62. The number of hydrogen-bond donors (Lipinski definition) is 1. The largest absolute Gasteiger partial charge is 1.00 e. The van der Waals surface area contributed by atoms with Gasteiger partial charge in [-0.1, -0.05) is 93.4 Å². The van der Waals surface area contributed by atoms with E-state index in [1.807, 2.05) is 76.2 Å². The van der Waals surface area contributed by atoms with Crippen molar-refractivity contribution in [1.29, 1.82) is 0 Å². The second-order valence-electron chi connectivity index (χ2n) is 25.2. The Morgan fingerprint density at radius 1 is 0.412 bits per heavy atom. The Hall–Kier alpha value is -9.43. The fraction of sp³-hybridized carbons (Fsp3) is 0.208. The van der Waals surface area contributed by atoms with E-state index in [1.165, 1.54) is 113 Å². The standard InChI is InChI=1S/3C19H15F3N4O2.C17H13BrF3NO2.C2H3N3.CH2O3.2Cs.H/c3*1-12-5-6-13(17-9-18(25-28-17)26-11-23-10-24-26)7-16(12)27-15-4-2-3-14(8-15)19(20,21)22;1-10-5-6-11(15-9-16(18)22-24-15)7-14(10)23-13-4-2-3-12(8-13)17(19,20)21;1-3-2-5-4-1;2-1-4-3;;;/h3*2-8,10-11,17H,9H2,1H3;2-8,15H,9H2,1H3;1-2H,(H,3,4,5);1,3H;;;/q;;;;;;2*+1;-1/p-1/t2*17-;;;;;;;/m10......./s1. The summed E-state index contributed by atoms with van der Waals surface area (Å²) in [5.41, 5.74) is 3.39. The zero-order valence-corrected chi connectivity index (χ0v) is 77.3. The van der Waals surface area contributed by atoms with E-state index < -0.39 is 47.0 Å². The molecule has 0 saturated heterocycles. The molecule has 0 spiro atoms. The Labute approximate surface area is 795 Å².